The molecule has 1 unspecified atom stereocenters. The summed E-state index contributed by atoms with van der Waals surface area (Å²) in [5, 5.41) is 0. The summed E-state index contributed by atoms with van der Waals surface area (Å²) < 4.78 is 11.0. The predicted octanol–water partition coefficient (Wildman–Crippen LogP) is 6.55. The van der Waals surface area contributed by atoms with Crippen molar-refractivity contribution in [1.29, 1.82) is 0 Å². The van der Waals surface area contributed by atoms with Crippen LogP contribution in [0.25, 0.3) is 0 Å². The van der Waals surface area contributed by atoms with E-state index in [-0.39, 0.29) is 6.10 Å². The van der Waals surface area contributed by atoms with Crippen LogP contribution in [0.5, 0.6) is 5.75 Å². The van der Waals surface area contributed by atoms with Gasteiger partial charge in [-0.1, -0.05) is 56.5 Å². The van der Waals surface area contributed by atoms with E-state index in [1.165, 1.54) is 37.7 Å². The Balaban J connectivity index is 1.52. The molecular weight excluding hydrogens is 362 g/mol. The summed E-state index contributed by atoms with van der Waals surface area (Å²) >= 11 is 0. The number of anilines is 1. The fourth-order valence-corrected chi connectivity index (χ4v) is 4.05. The lowest BCUT2D eigenvalue weighted by atomic mass is 9.84. The molecule has 3 rings (SSSR count). The van der Waals surface area contributed by atoms with E-state index in [1.807, 2.05) is 37.3 Å². The second-order valence-corrected chi connectivity index (χ2v) is 7.78. The maximum Gasteiger partial charge on any atom is 0.514 e. The van der Waals surface area contributed by atoms with Crippen LogP contribution < -0.4 is 9.64 Å². The molecule has 4 nitrogen and oxygen atoms in total. The first kappa shape index (κ1) is 21.2. The lowest BCUT2D eigenvalue weighted by Gasteiger charge is -2.27. The summed E-state index contributed by atoms with van der Waals surface area (Å²) in [6.07, 6.45) is 6.37. The van der Waals surface area contributed by atoms with Crippen LogP contribution in [0.2, 0.25) is 0 Å². The average Bonchev–Trinajstić information content (AvgIpc) is 2.78. The first-order chi connectivity index (χ1) is 14.2. The van der Waals surface area contributed by atoms with E-state index in [2.05, 4.69) is 36.1 Å². The minimum Gasteiger partial charge on any atom is -0.429 e. The number of carbonyl (C=O) groups excluding carboxylic acids is 1. The Bertz CT molecular complexity index is 738. The van der Waals surface area contributed by atoms with E-state index in [0.29, 0.717) is 18.2 Å². The van der Waals surface area contributed by atoms with Gasteiger partial charge in [0.2, 0.25) is 0 Å². The number of carbonyl (C=O) groups is 1. The average molecular weight is 396 g/mol. The smallest absolute Gasteiger partial charge is 0.429 e. The monoisotopic (exact) mass is 395 g/mol. The largest absolute Gasteiger partial charge is 0.514 e. The highest BCUT2D eigenvalue weighted by Crippen LogP contribution is 2.33. The molecular formula is C25H33NO3. The molecule has 1 fully saturated rings. The lowest BCUT2D eigenvalue weighted by Crippen LogP contribution is -2.35. The Morgan fingerprint density at radius 3 is 2.31 bits per heavy atom. The molecule has 0 aliphatic heterocycles. The molecule has 0 bridgehead atoms. The molecule has 1 aliphatic rings. The van der Waals surface area contributed by atoms with Crippen LogP contribution in [0, 0.1) is 0 Å². The second-order valence-electron chi connectivity index (χ2n) is 7.78. The van der Waals surface area contributed by atoms with Crippen LogP contribution in [0.15, 0.2) is 54.6 Å². The van der Waals surface area contributed by atoms with Crippen molar-refractivity contribution in [3.05, 3.63) is 60.2 Å². The summed E-state index contributed by atoms with van der Waals surface area (Å²) in [6, 6.07) is 18.1. The van der Waals surface area contributed by atoms with Gasteiger partial charge in [-0.2, -0.15) is 0 Å². The summed E-state index contributed by atoms with van der Waals surface area (Å²) in [4.78, 5) is 14.5. The number of nitrogens with zero attached hydrogens (tertiary/aromatic N) is 1. The van der Waals surface area contributed by atoms with Gasteiger partial charge in [0, 0.05) is 12.2 Å². The molecule has 1 aliphatic carbocycles. The van der Waals surface area contributed by atoms with E-state index in [9.17, 15) is 4.79 Å². The van der Waals surface area contributed by atoms with Crippen molar-refractivity contribution < 1.29 is 14.3 Å². The van der Waals surface area contributed by atoms with E-state index in [0.717, 1.165) is 18.7 Å². The van der Waals surface area contributed by atoms with E-state index in [4.69, 9.17) is 9.47 Å². The Labute approximate surface area is 174 Å². The van der Waals surface area contributed by atoms with Gasteiger partial charge in [0.1, 0.15) is 11.9 Å². The van der Waals surface area contributed by atoms with Crippen molar-refractivity contribution in [2.24, 2.45) is 0 Å². The first-order valence-corrected chi connectivity index (χ1v) is 11.0. The first-order valence-electron chi connectivity index (χ1n) is 11.0. The van der Waals surface area contributed by atoms with Gasteiger partial charge < -0.3 is 14.4 Å². The molecule has 2 aromatic rings. The molecule has 2 aromatic carbocycles. The Morgan fingerprint density at radius 1 is 1.00 bits per heavy atom. The summed E-state index contributed by atoms with van der Waals surface area (Å²) in [5.41, 5.74) is 2.47. The molecule has 1 saturated carbocycles. The number of hydrogen-bond donors (Lipinski definition) is 0. The number of para-hydroxylation sites is 1. The van der Waals surface area contributed by atoms with Crippen LogP contribution in [-0.4, -0.2) is 25.3 Å². The van der Waals surface area contributed by atoms with Gasteiger partial charge in [-0.25, -0.2) is 4.79 Å². The number of ether oxygens (including phenoxy) is 2. The standard InChI is InChI=1S/C25H33NO3/c1-3-23(19-26(4-2)22-13-9-6-10-14-22)28-25(27)29-24-17-15-21(16-18-24)20-11-7-5-8-12-20/h6,9-10,13-18,20,23H,3-5,7-8,11-12,19H2,1-2H3. The van der Waals surface area contributed by atoms with Crippen LogP contribution in [0.4, 0.5) is 10.5 Å². The molecule has 0 N–H and O–H groups in total. The highest BCUT2D eigenvalue weighted by atomic mass is 16.7. The molecule has 0 aromatic heterocycles. The quantitative estimate of drug-likeness (QED) is 0.375. The second kappa shape index (κ2) is 10.9. The maximum atomic E-state index is 12.3. The van der Waals surface area contributed by atoms with Gasteiger partial charge in [-0.15, -0.1) is 0 Å². The minimum atomic E-state index is -0.633. The van der Waals surface area contributed by atoms with Crippen LogP contribution >= 0.6 is 0 Å². The van der Waals surface area contributed by atoms with Gasteiger partial charge in [-0.3, -0.25) is 0 Å². The van der Waals surface area contributed by atoms with Crippen molar-refractivity contribution >= 4 is 11.8 Å². The van der Waals surface area contributed by atoms with Crippen LogP contribution in [0.3, 0.4) is 0 Å². The van der Waals surface area contributed by atoms with E-state index in [1.54, 1.807) is 0 Å². The third kappa shape index (κ3) is 6.25. The number of benzene rings is 2. The Hall–Kier alpha value is -2.49. The molecule has 0 heterocycles. The van der Waals surface area contributed by atoms with Gasteiger partial charge >= 0.3 is 6.16 Å². The number of rotatable bonds is 8. The lowest BCUT2D eigenvalue weighted by molar-refractivity contribution is 0.0594. The third-order valence-electron chi connectivity index (χ3n) is 5.80. The van der Waals surface area contributed by atoms with Crippen molar-refractivity contribution in [1.82, 2.24) is 0 Å². The SMILES string of the molecule is CCC(CN(CC)c1ccccc1)OC(=O)Oc1ccc(C2CCCCC2)cc1. The van der Waals surface area contributed by atoms with Crippen molar-refractivity contribution in [3.8, 4) is 5.75 Å². The fourth-order valence-electron chi connectivity index (χ4n) is 4.05. The summed E-state index contributed by atoms with van der Waals surface area (Å²) in [5.74, 6) is 1.19. The van der Waals surface area contributed by atoms with E-state index < -0.39 is 6.16 Å². The number of likely N-dealkylation sites (N-methyl/N-ethyl adjacent to an activating group) is 1. The third-order valence-corrected chi connectivity index (χ3v) is 5.80. The Morgan fingerprint density at radius 2 is 1.69 bits per heavy atom. The molecule has 0 saturated heterocycles. The molecule has 29 heavy (non-hydrogen) atoms. The normalized spacial score (nSPS) is 15.5. The Kier molecular flexibility index (Phi) is 7.97. The topological polar surface area (TPSA) is 38.8 Å². The zero-order valence-electron chi connectivity index (χ0n) is 17.7. The van der Waals surface area contributed by atoms with E-state index >= 15 is 0 Å². The minimum absolute atomic E-state index is 0.218. The predicted molar refractivity (Wildman–Crippen MR) is 118 cm³/mol. The van der Waals surface area contributed by atoms with Crippen LogP contribution in [0.1, 0.15) is 63.9 Å². The summed E-state index contributed by atoms with van der Waals surface area (Å²) in [6.45, 7) is 5.62. The highest BCUT2D eigenvalue weighted by Gasteiger charge is 2.19. The van der Waals surface area contributed by atoms with Crippen molar-refractivity contribution in [2.45, 2.75) is 64.4 Å². The fraction of sp³-hybridized carbons (Fsp3) is 0.480. The van der Waals surface area contributed by atoms with Gasteiger partial charge in [0.25, 0.3) is 0 Å². The molecule has 0 spiro atoms. The van der Waals surface area contributed by atoms with Crippen molar-refractivity contribution in [3.63, 3.8) is 0 Å². The molecule has 0 amide bonds. The van der Waals surface area contributed by atoms with Gasteiger partial charge in [-0.05, 0) is 61.9 Å². The highest BCUT2D eigenvalue weighted by molar-refractivity contribution is 5.64. The van der Waals surface area contributed by atoms with Gasteiger partial charge in [0.15, 0.2) is 0 Å². The number of hydrogen-bond acceptors (Lipinski definition) is 4. The molecule has 4 heteroatoms. The molecule has 156 valence electrons. The molecule has 0 radical (unpaired) electrons. The molecule has 1 atom stereocenters. The zero-order chi connectivity index (χ0) is 20.5. The maximum absolute atomic E-state index is 12.3. The van der Waals surface area contributed by atoms with Gasteiger partial charge in [0.05, 0.1) is 6.54 Å². The zero-order valence-corrected chi connectivity index (χ0v) is 17.7. The van der Waals surface area contributed by atoms with Crippen molar-refractivity contribution in [2.75, 3.05) is 18.0 Å². The van der Waals surface area contributed by atoms with Crippen LogP contribution in [-0.2, 0) is 4.74 Å². The summed E-state index contributed by atoms with van der Waals surface area (Å²) in [7, 11) is 0.